The average molecular weight is 462 g/mol. The Hall–Kier alpha value is -3.67. The van der Waals surface area contributed by atoms with E-state index in [1.807, 2.05) is 19.1 Å². The number of carbonyl (C=O) groups is 2. The molecule has 0 saturated heterocycles. The molecule has 4 rings (SSSR count). The van der Waals surface area contributed by atoms with Crippen molar-refractivity contribution >= 4 is 17.6 Å². The van der Waals surface area contributed by atoms with Gasteiger partial charge in [-0.3, -0.25) is 9.59 Å². The fourth-order valence-electron chi connectivity index (χ4n) is 4.61. The van der Waals surface area contributed by atoms with Gasteiger partial charge in [0.1, 0.15) is 11.6 Å². The minimum Gasteiger partial charge on any atom is -0.495 e. The van der Waals surface area contributed by atoms with Crippen LogP contribution in [0, 0.1) is 12.7 Å². The van der Waals surface area contributed by atoms with Crippen LogP contribution in [0.2, 0.25) is 0 Å². The Kier molecular flexibility index (Phi) is 6.96. The summed E-state index contributed by atoms with van der Waals surface area (Å²) in [6.07, 6.45) is 1.57. The van der Waals surface area contributed by atoms with Crippen LogP contribution < -0.4 is 10.1 Å². The molecular weight excluding hydrogens is 433 g/mol. The molecule has 1 amide bonds. The van der Waals surface area contributed by atoms with Gasteiger partial charge < -0.3 is 14.8 Å². The highest BCUT2D eigenvalue weighted by Crippen LogP contribution is 2.43. The summed E-state index contributed by atoms with van der Waals surface area (Å²) in [4.78, 5) is 27.1. The molecule has 1 atom stereocenters. The van der Waals surface area contributed by atoms with Crippen molar-refractivity contribution in [3.63, 3.8) is 0 Å². The zero-order chi connectivity index (χ0) is 24.1. The molecule has 0 aromatic heterocycles. The monoisotopic (exact) mass is 461 g/mol. The van der Waals surface area contributed by atoms with Crippen molar-refractivity contribution in [1.82, 2.24) is 0 Å². The van der Waals surface area contributed by atoms with Crippen LogP contribution in [0.15, 0.2) is 72.8 Å². The van der Waals surface area contributed by atoms with E-state index in [2.05, 4.69) is 5.32 Å². The quantitative estimate of drug-likeness (QED) is 0.447. The number of hydrogen-bond donors (Lipinski definition) is 1. The molecule has 1 N–H and O–H groups in total. The van der Waals surface area contributed by atoms with Gasteiger partial charge in [0.15, 0.2) is 0 Å². The Bertz CT molecular complexity index is 1170. The van der Waals surface area contributed by atoms with Gasteiger partial charge in [-0.05, 0) is 55.2 Å². The fraction of sp³-hybridized carbons (Fsp3) is 0.286. The third-order valence-electron chi connectivity index (χ3n) is 6.40. The summed E-state index contributed by atoms with van der Waals surface area (Å²) >= 11 is 0. The number of amides is 1. The maximum absolute atomic E-state index is 14.0. The van der Waals surface area contributed by atoms with Crippen LogP contribution >= 0.6 is 0 Å². The molecule has 1 fully saturated rings. The van der Waals surface area contributed by atoms with Gasteiger partial charge in [0.05, 0.1) is 18.2 Å². The van der Waals surface area contributed by atoms with Crippen molar-refractivity contribution in [2.45, 2.75) is 44.1 Å². The van der Waals surface area contributed by atoms with E-state index in [1.165, 1.54) is 19.2 Å². The highest BCUT2D eigenvalue weighted by atomic mass is 19.1. The van der Waals surface area contributed by atoms with E-state index in [9.17, 15) is 14.0 Å². The molecule has 0 unspecified atom stereocenters. The normalized spacial score (nSPS) is 15.4. The summed E-state index contributed by atoms with van der Waals surface area (Å²) in [5.74, 6) is -0.906. The smallest absolute Gasteiger partial charge is 0.317 e. The number of anilines is 1. The lowest BCUT2D eigenvalue weighted by atomic mass is 9.79. The molecule has 1 aliphatic rings. The summed E-state index contributed by atoms with van der Waals surface area (Å²) in [7, 11) is 1.53. The molecule has 6 heteroatoms. The van der Waals surface area contributed by atoms with Gasteiger partial charge >= 0.3 is 5.97 Å². The number of ether oxygens (including phenoxy) is 2. The third kappa shape index (κ3) is 4.81. The second kappa shape index (κ2) is 10.1. The van der Waals surface area contributed by atoms with Gasteiger partial charge in [0.25, 0.3) is 5.91 Å². The molecule has 0 bridgehead atoms. The first-order valence-corrected chi connectivity index (χ1v) is 11.4. The van der Waals surface area contributed by atoms with Crippen molar-refractivity contribution < 1.29 is 23.5 Å². The molecule has 0 heterocycles. The lowest BCUT2D eigenvalue weighted by Crippen LogP contribution is -2.38. The molecule has 5 nitrogen and oxygen atoms in total. The van der Waals surface area contributed by atoms with Gasteiger partial charge in [-0.2, -0.15) is 0 Å². The van der Waals surface area contributed by atoms with Crippen LogP contribution in [0.25, 0.3) is 0 Å². The Balaban J connectivity index is 1.66. The maximum Gasteiger partial charge on any atom is 0.317 e. The first-order chi connectivity index (χ1) is 16.4. The maximum atomic E-state index is 14.0. The van der Waals surface area contributed by atoms with E-state index in [4.69, 9.17) is 9.47 Å². The van der Waals surface area contributed by atoms with Gasteiger partial charge in [0, 0.05) is 5.56 Å². The van der Waals surface area contributed by atoms with E-state index >= 15 is 0 Å². The van der Waals surface area contributed by atoms with E-state index in [-0.39, 0.29) is 0 Å². The molecule has 0 spiro atoms. The van der Waals surface area contributed by atoms with Crippen molar-refractivity contribution in [2.24, 2.45) is 0 Å². The van der Waals surface area contributed by atoms with Gasteiger partial charge in [0.2, 0.25) is 6.10 Å². The highest BCUT2D eigenvalue weighted by Gasteiger charge is 2.46. The summed E-state index contributed by atoms with van der Waals surface area (Å²) in [5, 5.41) is 2.86. The summed E-state index contributed by atoms with van der Waals surface area (Å²) in [6, 6.07) is 20.4. The van der Waals surface area contributed by atoms with E-state index in [1.54, 1.807) is 48.5 Å². The van der Waals surface area contributed by atoms with Crippen LogP contribution in [0.4, 0.5) is 10.1 Å². The van der Waals surface area contributed by atoms with E-state index in [0.29, 0.717) is 35.4 Å². The fourth-order valence-corrected chi connectivity index (χ4v) is 4.61. The number of hydrogen-bond acceptors (Lipinski definition) is 4. The van der Waals surface area contributed by atoms with Crippen molar-refractivity contribution in [2.75, 3.05) is 12.4 Å². The first-order valence-electron chi connectivity index (χ1n) is 11.4. The second-order valence-electron chi connectivity index (χ2n) is 8.69. The minimum atomic E-state index is -1.18. The zero-order valence-corrected chi connectivity index (χ0v) is 19.3. The highest BCUT2D eigenvalue weighted by molar-refractivity contribution is 5.98. The van der Waals surface area contributed by atoms with Crippen LogP contribution in [0.3, 0.4) is 0 Å². The molecule has 0 aliphatic heterocycles. The van der Waals surface area contributed by atoms with E-state index in [0.717, 1.165) is 18.4 Å². The molecule has 0 radical (unpaired) electrons. The topological polar surface area (TPSA) is 64.6 Å². The van der Waals surface area contributed by atoms with Gasteiger partial charge in [-0.25, -0.2) is 4.39 Å². The molecule has 176 valence electrons. The van der Waals surface area contributed by atoms with Crippen molar-refractivity contribution in [3.05, 3.63) is 95.3 Å². The number of carbonyl (C=O) groups excluding carboxylic acids is 2. The molecule has 1 aliphatic carbocycles. The van der Waals surface area contributed by atoms with Gasteiger partial charge in [-0.1, -0.05) is 61.4 Å². The Labute approximate surface area is 198 Å². The number of benzene rings is 3. The van der Waals surface area contributed by atoms with Gasteiger partial charge in [-0.15, -0.1) is 0 Å². The minimum absolute atomic E-state index is 0.402. The third-order valence-corrected chi connectivity index (χ3v) is 6.40. The number of rotatable bonds is 7. The molecule has 3 aromatic carbocycles. The SMILES string of the molecule is COc1ccc(C)cc1NC(=O)[C@H](OC(=O)C1(c2cccc(F)c2)CCCC1)c1ccccc1. The zero-order valence-electron chi connectivity index (χ0n) is 19.3. The molecule has 34 heavy (non-hydrogen) atoms. The number of nitrogens with one attached hydrogen (secondary N) is 1. The Morgan fingerprint density at radius 1 is 0.971 bits per heavy atom. The van der Waals surface area contributed by atoms with Crippen LogP contribution in [0.5, 0.6) is 5.75 Å². The number of halogens is 1. The largest absolute Gasteiger partial charge is 0.495 e. The standard InChI is InChI=1S/C28H28FNO4/c1-19-13-14-24(33-2)23(17-19)30-26(31)25(20-9-4-3-5-10-20)34-27(32)28(15-6-7-16-28)21-11-8-12-22(29)18-21/h3-5,8-14,17-18,25H,6-7,15-16H2,1-2H3,(H,30,31)/t25-/m1/s1. The predicted octanol–water partition coefficient (Wildman–Crippen LogP) is 5.88. The number of methoxy groups -OCH3 is 1. The summed E-state index contributed by atoms with van der Waals surface area (Å²) in [5.41, 5.74) is 1.59. The number of esters is 1. The van der Waals surface area contributed by atoms with E-state index < -0.39 is 29.2 Å². The van der Waals surface area contributed by atoms with Crippen molar-refractivity contribution in [1.29, 1.82) is 0 Å². The summed E-state index contributed by atoms with van der Waals surface area (Å²) in [6.45, 7) is 1.91. The lowest BCUT2D eigenvalue weighted by Gasteiger charge is -2.30. The van der Waals surface area contributed by atoms with Crippen molar-refractivity contribution in [3.8, 4) is 5.75 Å². The molecule has 1 saturated carbocycles. The number of aryl methyl sites for hydroxylation is 1. The summed E-state index contributed by atoms with van der Waals surface area (Å²) < 4.78 is 25.3. The Morgan fingerprint density at radius 2 is 1.71 bits per heavy atom. The predicted molar refractivity (Wildman–Crippen MR) is 128 cm³/mol. The van der Waals surface area contributed by atoms with Crippen LogP contribution in [0.1, 0.15) is 48.5 Å². The average Bonchev–Trinajstić information content (AvgIpc) is 3.34. The molecule has 3 aromatic rings. The molecular formula is C28H28FNO4. The lowest BCUT2D eigenvalue weighted by molar-refractivity contribution is -0.160. The van der Waals surface area contributed by atoms with Crippen LogP contribution in [-0.4, -0.2) is 19.0 Å². The second-order valence-corrected chi connectivity index (χ2v) is 8.69. The Morgan fingerprint density at radius 3 is 2.38 bits per heavy atom. The van der Waals surface area contributed by atoms with Crippen LogP contribution in [-0.2, 0) is 19.7 Å². The first kappa shape index (κ1) is 23.5.